The van der Waals surface area contributed by atoms with Gasteiger partial charge in [0.25, 0.3) is 0 Å². The summed E-state index contributed by atoms with van der Waals surface area (Å²) in [6.07, 6.45) is 3.29. The zero-order valence-electron chi connectivity index (χ0n) is 18.5. The Labute approximate surface area is 182 Å². The summed E-state index contributed by atoms with van der Waals surface area (Å²) < 4.78 is 0. The normalized spacial score (nSPS) is 19.5. The number of carboxylic acids is 1. The molecule has 3 amide bonds. The number of amides is 3. The fraction of sp³-hybridized carbons (Fsp3) is 0.800. The van der Waals surface area contributed by atoms with Crippen molar-refractivity contribution in [3.05, 3.63) is 0 Å². The first kappa shape index (κ1) is 26.2. The maximum Gasteiger partial charge on any atom is 0.326 e. The van der Waals surface area contributed by atoms with Gasteiger partial charge in [-0.05, 0) is 43.1 Å². The second-order valence-corrected chi connectivity index (χ2v) is 9.36. The van der Waals surface area contributed by atoms with E-state index in [0.717, 1.165) is 0 Å². The Kier molecular flexibility index (Phi) is 10.6. The highest BCUT2D eigenvalue weighted by atomic mass is 32.2. The van der Waals surface area contributed by atoms with Gasteiger partial charge in [-0.25, -0.2) is 4.79 Å². The van der Waals surface area contributed by atoms with Gasteiger partial charge >= 0.3 is 5.97 Å². The molecular weight excluding hydrogens is 408 g/mol. The molecule has 30 heavy (non-hydrogen) atoms. The van der Waals surface area contributed by atoms with Crippen molar-refractivity contribution in [2.45, 2.75) is 71.1 Å². The molecule has 172 valence electrons. The molecule has 1 heterocycles. The number of rotatable bonds is 11. The summed E-state index contributed by atoms with van der Waals surface area (Å²) in [7, 11) is 0. The summed E-state index contributed by atoms with van der Waals surface area (Å²) in [6, 6.07) is -3.30. The van der Waals surface area contributed by atoms with Crippen LogP contribution in [-0.2, 0) is 19.2 Å². The maximum absolute atomic E-state index is 13.0. The van der Waals surface area contributed by atoms with E-state index >= 15 is 0 Å². The maximum atomic E-state index is 13.0. The van der Waals surface area contributed by atoms with Crippen LogP contribution in [0.1, 0.15) is 47.0 Å². The van der Waals surface area contributed by atoms with Crippen LogP contribution in [0, 0.1) is 11.8 Å². The van der Waals surface area contributed by atoms with Crippen LogP contribution in [0.5, 0.6) is 0 Å². The Bertz CT molecular complexity index is 628. The van der Waals surface area contributed by atoms with Crippen molar-refractivity contribution in [2.75, 3.05) is 18.6 Å². The number of aliphatic carboxylic acids is 1. The summed E-state index contributed by atoms with van der Waals surface area (Å²) in [4.78, 5) is 51.2. The monoisotopic (exact) mass is 444 g/mol. The molecule has 5 N–H and O–H groups in total. The van der Waals surface area contributed by atoms with Gasteiger partial charge in [-0.1, -0.05) is 27.7 Å². The number of likely N-dealkylation sites (tertiary alicyclic amines) is 1. The van der Waals surface area contributed by atoms with Gasteiger partial charge in [-0.2, -0.15) is 11.8 Å². The van der Waals surface area contributed by atoms with E-state index in [1.54, 1.807) is 13.8 Å². The molecule has 1 aliphatic rings. The highest BCUT2D eigenvalue weighted by Gasteiger charge is 2.38. The zero-order valence-corrected chi connectivity index (χ0v) is 19.3. The van der Waals surface area contributed by atoms with Crippen molar-refractivity contribution in [1.29, 1.82) is 0 Å². The minimum Gasteiger partial charge on any atom is -0.480 e. The molecule has 0 radical (unpaired) electrons. The van der Waals surface area contributed by atoms with Crippen LogP contribution in [0.4, 0.5) is 0 Å². The third kappa shape index (κ3) is 7.16. The highest BCUT2D eigenvalue weighted by molar-refractivity contribution is 7.98. The fourth-order valence-corrected chi connectivity index (χ4v) is 3.80. The number of carbonyl (C=O) groups is 4. The number of nitrogens with one attached hydrogen (secondary N) is 2. The van der Waals surface area contributed by atoms with Gasteiger partial charge in [-0.15, -0.1) is 0 Å². The molecule has 10 heteroatoms. The molecular formula is C20H36N4O5S. The Balaban J connectivity index is 2.95. The SMILES string of the molecule is CSCCC(NC(=O)C(NC(=O)C(N)C(C)C)C(C)C)C(=O)N1CCCC1C(=O)O. The Morgan fingerprint density at radius 3 is 2.23 bits per heavy atom. The van der Waals surface area contributed by atoms with Crippen LogP contribution in [0.15, 0.2) is 0 Å². The molecule has 1 rings (SSSR count). The van der Waals surface area contributed by atoms with E-state index < -0.39 is 47.9 Å². The van der Waals surface area contributed by atoms with Crippen molar-refractivity contribution in [2.24, 2.45) is 17.6 Å². The number of nitrogens with zero attached hydrogens (tertiary/aromatic N) is 1. The number of hydrogen-bond acceptors (Lipinski definition) is 6. The molecule has 0 saturated carbocycles. The van der Waals surface area contributed by atoms with E-state index in [0.29, 0.717) is 31.6 Å². The van der Waals surface area contributed by atoms with Gasteiger partial charge in [0.2, 0.25) is 17.7 Å². The lowest BCUT2D eigenvalue weighted by Crippen LogP contribution is -2.59. The second kappa shape index (κ2) is 12.1. The number of carboxylic acid groups (broad SMARTS) is 1. The van der Waals surface area contributed by atoms with E-state index in [1.807, 2.05) is 20.1 Å². The predicted molar refractivity (Wildman–Crippen MR) is 117 cm³/mol. The molecule has 1 saturated heterocycles. The van der Waals surface area contributed by atoms with Gasteiger partial charge in [-0.3, -0.25) is 14.4 Å². The minimum atomic E-state index is -1.04. The second-order valence-electron chi connectivity index (χ2n) is 8.37. The van der Waals surface area contributed by atoms with Gasteiger partial charge in [0, 0.05) is 6.54 Å². The van der Waals surface area contributed by atoms with E-state index in [9.17, 15) is 24.3 Å². The molecule has 4 atom stereocenters. The zero-order chi connectivity index (χ0) is 23.0. The van der Waals surface area contributed by atoms with Crippen molar-refractivity contribution >= 4 is 35.5 Å². The van der Waals surface area contributed by atoms with Crippen molar-refractivity contribution < 1.29 is 24.3 Å². The Morgan fingerprint density at radius 1 is 1.10 bits per heavy atom. The smallest absolute Gasteiger partial charge is 0.326 e. The standard InChI is InChI=1S/C20H36N4O5S/c1-11(2)15(21)17(25)23-16(12(3)4)18(26)22-13(8-10-30-5)19(27)24-9-6-7-14(24)20(28)29/h11-16H,6-10,21H2,1-5H3,(H,22,26)(H,23,25)(H,28,29). The molecule has 1 aliphatic heterocycles. The number of nitrogens with two attached hydrogens (primary N) is 1. The molecule has 0 aromatic carbocycles. The van der Waals surface area contributed by atoms with E-state index in [2.05, 4.69) is 10.6 Å². The van der Waals surface area contributed by atoms with Gasteiger partial charge in [0.1, 0.15) is 18.1 Å². The van der Waals surface area contributed by atoms with E-state index in [1.165, 1.54) is 16.7 Å². The third-order valence-electron chi connectivity index (χ3n) is 5.31. The van der Waals surface area contributed by atoms with Gasteiger partial charge < -0.3 is 26.4 Å². The molecule has 9 nitrogen and oxygen atoms in total. The first-order chi connectivity index (χ1) is 14.0. The molecule has 1 fully saturated rings. The summed E-state index contributed by atoms with van der Waals surface area (Å²) >= 11 is 1.53. The molecule has 0 aliphatic carbocycles. The summed E-state index contributed by atoms with van der Waals surface area (Å²) in [5, 5.41) is 14.8. The molecule has 4 unspecified atom stereocenters. The summed E-state index contributed by atoms with van der Waals surface area (Å²) in [5.41, 5.74) is 5.89. The molecule has 0 bridgehead atoms. The number of carbonyl (C=O) groups excluding carboxylic acids is 3. The lowest BCUT2D eigenvalue weighted by Gasteiger charge is -2.30. The van der Waals surface area contributed by atoms with E-state index in [4.69, 9.17) is 5.73 Å². The average molecular weight is 445 g/mol. The van der Waals surface area contributed by atoms with E-state index in [-0.39, 0.29) is 11.8 Å². The highest BCUT2D eigenvalue weighted by Crippen LogP contribution is 2.20. The third-order valence-corrected chi connectivity index (χ3v) is 5.96. The largest absolute Gasteiger partial charge is 0.480 e. The quantitative estimate of drug-likeness (QED) is 0.362. The summed E-state index contributed by atoms with van der Waals surface area (Å²) in [5.74, 6) is -2.00. The van der Waals surface area contributed by atoms with Crippen LogP contribution in [-0.4, -0.2) is 76.4 Å². The van der Waals surface area contributed by atoms with Crippen molar-refractivity contribution in [3.8, 4) is 0 Å². The Hall–Kier alpha value is -1.81. The van der Waals surface area contributed by atoms with Crippen LogP contribution in [0.2, 0.25) is 0 Å². The fourth-order valence-electron chi connectivity index (χ4n) is 3.33. The topological polar surface area (TPSA) is 142 Å². The van der Waals surface area contributed by atoms with Crippen molar-refractivity contribution in [3.63, 3.8) is 0 Å². The summed E-state index contributed by atoms with van der Waals surface area (Å²) in [6.45, 7) is 7.59. The van der Waals surface area contributed by atoms with Crippen molar-refractivity contribution in [1.82, 2.24) is 15.5 Å². The van der Waals surface area contributed by atoms with Crippen LogP contribution in [0.3, 0.4) is 0 Å². The Morgan fingerprint density at radius 2 is 1.73 bits per heavy atom. The van der Waals surface area contributed by atoms with Crippen LogP contribution < -0.4 is 16.4 Å². The molecule has 0 aromatic heterocycles. The molecule has 0 spiro atoms. The number of hydrogen-bond donors (Lipinski definition) is 4. The van der Waals surface area contributed by atoms with Crippen LogP contribution >= 0.6 is 11.8 Å². The predicted octanol–water partition coefficient (Wildman–Crippen LogP) is 0.424. The number of thioether (sulfide) groups is 1. The van der Waals surface area contributed by atoms with Gasteiger partial charge in [0.15, 0.2) is 0 Å². The first-order valence-corrected chi connectivity index (χ1v) is 11.8. The van der Waals surface area contributed by atoms with Gasteiger partial charge in [0.05, 0.1) is 6.04 Å². The lowest BCUT2D eigenvalue weighted by molar-refractivity contribution is -0.149. The first-order valence-electron chi connectivity index (χ1n) is 10.4. The molecule has 0 aromatic rings. The van der Waals surface area contributed by atoms with Crippen LogP contribution in [0.25, 0.3) is 0 Å². The average Bonchev–Trinajstić information content (AvgIpc) is 3.17. The minimum absolute atomic E-state index is 0.0834. The lowest BCUT2D eigenvalue weighted by atomic mass is 10.00.